The molecule has 1 amide bonds. The van der Waals surface area contributed by atoms with Gasteiger partial charge in [0.05, 0.1) is 12.0 Å². The maximum absolute atomic E-state index is 13.0. The SMILES string of the molecule is Cl.O=C(NCCN1CCNCC1)C1CNNC1c1ccc(F)cc1. The second-order valence-corrected chi connectivity index (χ2v) is 6.04. The van der Waals surface area contributed by atoms with Crippen LogP contribution in [0, 0.1) is 11.7 Å². The molecule has 0 aliphatic carbocycles. The van der Waals surface area contributed by atoms with E-state index in [1.807, 2.05) is 0 Å². The van der Waals surface area contributed by atoms with E-state index in [9.17, 15) is 9.18 Å². The predicted octanol–water partition coefficient (Wildman–Crippen LogP) is 0.0340. The van der Waals surface area contributed by atoms with Crippen LogP contribution in [0.3, 0.4) is 0 Å². The lowest BCUT2D eigenvalue weighted by Crippen LogP contribution is -2.47. The number of carbonyl (C=O) groups is 1. The van der Waals surface area contributed by atoms with E-state index in [4.69, 9.17) is 0 Å². The molecule has 134 valence electrons. The van der Waals surface area contributed by atoms with Gasteiger partial charge in [-0.15, -0.1) is 12.4 Å². The van der Waals surface area contributed by atoms with Crippen molar-refractivity contribution in [2.24, 2.45) is 5.92 Å². The number of carbonyl (C=O) groups excluding carboxylic acids is 1. The Bertz CT molecular complexity index is 524. The Morgan fingerprint density at radius 1 is 1.25 bits per heavy atom. The molecular weight excluding hydrogens is 333 g/mol. The molecule has 2 unspecified atom stereocenters. The molecule has 24 heavy (non-hydrogen) atoms. The molecule has 2 heterocycles. The molecule has 0 aromatic heterocycles. The van der Waals surface area contributed by atoms with Gasteiger partial charge in [0.2, 0.25) is 5.91 Å². The highest BCUT2D eigenvalue weighted by molar-refractivity contribution is 5.85. The first-order valence-electron chi connectivity index (χ1n) is 8.18. The van der Waals surface area contributed by atoms with Crippen molar-refractivity contribution in [2.75, 3.05) is 45.8 Å². The average molecular weight is 358 g/mol. The van der Waals surface area contributed by atoms with Gasteiger partial charge in [-0.25, -0.2) is 9.82 Å². The van der Waals surface area contributed by atoms with Gasteiger partial charge in [-0.05, 0) is 17.7 Å². The van der Waals surface area contributed by atoms with E-state index in [2.05, 4.69) is 26.4 Å². The van der Waals surface area contributed by atoms with Crippen LogP contribution in [-0.2, 0) is 4.79 Å². The molecule has 0 saturated carbocycles. The quantitative estimate of drug-likeness (QED) is 0.599. The van der Waals surface area contributed by atoms with Gasteiger partial charge in [0.25, 0.3) is 0 Å². The van der Waals surface area contributed by atoms with Crippen molar-refractivity contribution in [3.63, 3.8) is 0 Å². The predicted molar refractivity (Wildman–Crippen MR) is 93.3 cm³/mol. The van der Waals surface area contributed by atoms with E-state index >= 15 is 0 Å². The van der Waals surface area contributed by atoms with Crippen LogP contribution in [0.2, 0.25) is 0 Å². The van der Waals surface area contributed by atoms with Crippen molar-refractivity contribution in [2.45, 2.75) is 6.04 Å². The number of rotatable bonds is 5. The third-order valence-electron chi connectivity index (χ3n) is 4.48. The number of nitrogens with zero attached hydrogens (tertiary/aromatic N) is 1. The number of nitrogens with one attached hydrogen (secondary N) is 4. The molecule has 0 spiro atoms. The van der Waals surface area contributed by atoms with Crippen LogP contribution < -0.4 is 21.5 Å². The fourth-order valence-electron chi connectivity index (χ4n) is 3.13. The summed E-state index contributed by atoms with van der Waals surface area (Å²) >= 11 is 0. The standard InChI is InChI=1S/C16H24FN5O.ClH/c17-13-3-1-12(2-4-13)15-14(11-20-21-15)16(23)19-7-10-22-8-5-18-6-9-22;/h1-4,14-15,18,20-21H,5-11H2,(H,19,23);1H. The van der Waals surface area contributed by atoms with Gasteiger partial charge >= 0.3 is 0 Å². The van der Waals surface area contributed by atoms with E-state index < -0.39 is 0 Å². The highest BCUT2D eigenvalue weighted by Gasteiger charge is 2.33. The molecule has 1 aromatic rings. The summed E-state index contributed by atoms with van der Waals surface area (Å²) in [5, 5.41) is 6.34. The smallest absolute Gasteiger partial charge is 0.226 e. The third-order valence-corrected chi connectivity index (χ3v) is 4.48. The Morgan fingerprint density at radius 3 is 2.67 bits per heavy atom. The summed E-state index contributed by atoms with van der Waals surface area (Å²) in [5.41, 5.74) is 7.06. The summed E-state index contributed by atoms with van der Waals surface area (Å²) < 4.78 is 13.0. The van der Waals surface area contributed by atoms with Crippen LogP contribution in [0.25, 0.3) is 0 Å². The van der Waals surface area contributed by atoms with E-state index in [1.165, 1.54) is 12.1 Å². The van der Waals surface area contributed by atoms with E-state index in [1.54, 1.807) is 12.1 Å². The van der Waals surface area contributed by atoms with Crippen molar-refractivity contribution >= 4 is 18.3 Å². The molecule has 6 nitrogen and oxygen atoms in total. The lowest BCUT2D eigenvalue weighted by atomic mass is 9.94. The molecule has 3 rings (SSSR count). The zero-order chi connectivity index (χ0) is 16.1. The van der Waals surface area contributed by atoms with Gasteiger partial charge in [0, 0.05) is 45.8 Å². The number of hydrogen-bond acceptors (Lipinski definition) is 5. The second kappa shape index (κ2) is 9.29. The average Bonchev–Trinajstić information content (AvgIpc) is 3.06. The maximum atomic E-state index is 13.0. The van der Waals surface area contributed by atoms with Gasteiger partial charge < -0.3 is 10.6 Å². The van der Waals surface area contributed by atoms with E-state index in [-0.39, 0.29) is 36.1 Å². The summed E-state index contributed by atoms with van der Waals surface area (Å²) in [6.45, 7) is 6.19. The minimum atomic E-state index is -0.267. The van der Waals surface area contributed by atoms with Crippen LogP contribution in [0.1, 0.15) is 11.6 Å². The fraction of sp³-hybridized carbons (Fsp3) is 0.562. The molecule has 8 heteroatoms. The highest BCUT2D eigenvalue weighted by Crippen LogP contribution is 2.25. The number of benzene rings is 1. The van der Waals surface area contributed by atoms with Gasteiger partial charge in [0.1, 0.15) is 5.82 Å². The fourth-order valence-corrected chi connectivity index (χ4v) is 3.13. The largest absolute Gasteiger partial charge is 0.354 e. The zero-order valence-corrected chi connectivity index (χ0v) is 14.4. The van der Waals surface area contributed by atoms with Crippen molar-refractivity contribution in [3.05, 3.63) is 35.6 Å². The lowest BCUT2D eigenvalue weighted by molar-refractivity contribution is -0.125. The Kier molecular flexibility index (Phi) is 7.39. The number of hydrogen-bond donors (Lipinski definition) is 4. The Balaban J connectivity index is 0.00000208. The third kappa shape index (κ3) is 4.87. The van der Waals surface area contributed by atoms with Crippen LogP contribution in [0.5, 0.6) is 0 Å². The monoisotopic (exact) mass is 357 g/mol. The molecule has 0 bridgehead atoms. The van der Waals surface area contributed by atoms with Crippen LogP contribution in [-0.4, -0.2) is 56.6 Å². The van der Waals surface area contributed by atoms with E-state index in [0.717, 1.165) is 38.3 Å². The molecular formula is C16H25ClFN5O. The topological polar surface area (TPSA) is 68.4 Å². The highest BCUT2D eigenvalue weighted by atomic mass is 35.5. The van der Waals surface area contributed by atoms with Crippen LogP contribution >= 0.6 is 12.4 Å². The molecule has 2 atom stereocenters. The van der Waals surface area contributed by atoms with Crippen molar-refractivity contribution in [1.29, 1.82) is 0 Å². The van der Waals surface area contributed by atoms with Crippen LogP contribution in [0.15, 0.2) is 24.3 Å². The van der Waals surface area contributed by atoms with Gasteiger partial charge in [-0.1, -0.05) is 12.1 Å². The summed E-state index contributed by atoms with van der Waals surface area (Å²) in [6, 6.07) is 6.17. The summed E-state index contributed by atoms with van der Waals surface area (Å²) in [6.07, 6.45) is 0. The van der Waals surface area contributed by atoms with Gasteiger partial charge in [-0.2, -0.15) is 0 Å². The zero-order valence-electron chi connectivity index (χ0n) is 13.6. The molecule has 2 fully saturated rings. The second-order valence-electron chi connectivity index (χ2n) is 6.04. The van der Waals surface area contributed by atoms with E-state index in [0.29, 0.717) is 13.1 Å². The normalized spacial score (nSPS) is 24.4. The molecule has 1 aromatic carbocycles. The lowest BCUT2D eigenvalue weighted by Gasteiger charge is -2.27. The first-order valence-corrected chi connectivity index (χ1v) is 8.18. The molecule has 4 N–H and O–H groups in total. The molecule has 2 aliphatic rings. The van der Waals surface area contributed by atoms with Crippen molar-refractivity contribution in [3.8, 4) is 0 Å². The van der Waals surface area contributed by atoms with Gasteiger partial charge in [0.15, 0.2) is 0 Å². The maximum Gasteiger partial charge on any atom is 0.226 e. The summed E-state index contributed by atoms with van der Waals surface area (Å²) in [7, 11) is 0. The first-order chi connectivity index (χ1) is 11.2. The Morgan fingerprint density at radius 2 is 1.96 bits per heavy atom. The van der Waals surface area contributed by atoms with Gasteiger partial charge in [-0.3, -0.25) is 15.1 Å². The van der Waals surface area contributed by atoms with Crippen molar-refractivity contribution < 1.29 is 9.18 Å². The molecule has 2 aliphatic heterocycles. The first kappa shape index (κ1) is 19.1. The number of halogens is 2. The number of hydrazine groups is 1. The summed E-state index contributed by atoms with van der Waals surface area (Å²) in [5.74, 6) is -0.424. The molecule has 2 saturated heterocycles. The van der Waals surface area contributed by atoms with Crippen LogP contribution in [0.4, 0.5) is 4.39 Å². The Hall–Kier alpha value is -1.25. The minimum Gasteiger partial charge on any atom is -0.354 e. The Labute approximate surface area is 147 Å². The minimum absolute atomic E-state index is 0. The number of amides is 1. The van der Waals surface area contributed by atoms with Crippen molar-refractivity contribution in [1.82, 2.24) is 26.4 Å². The number of piperazine rings is 1. The summed E-state index contributed by atoms with van der Waals surface area (Å²) in [4.78, 5) is 14.8. The molecule has 0 radical (unpaired) electrons.